The molecule has 0 saturated carbocycles. The molecule has 0 aliphatic carbocycles. The molecule has 0 aliphatic heterocycles. The summed E-state index contributed by atoms with van der Waals surface area (Å²) in [5, 5.41) is 34.3. The maximum absolute atomic E-state index is 12.3. The Morgan fingerprint density at radius 1 is 0.966 bits per heavy atom. The van der Waals surface area contributed by atoms with Crippen molar-refractivity contribution in [3.05, 3.63) is 0 Å². The Hall–Kier alpha value is -2.38. The molecule has 8 N–H and O–H groups in total. The van der Waals surface area contributed by atoms with E-state index in [4.69, 9.17) is 10.8 Å². The van der Waals surface area contributed by atoms with Crippen molar-refractivity contribution in [3.63, 3.8) is 0 Å². The van der Waals surface area contributed by atoms with Gasteiger partial charge in [-0.1, -0.05) is 0 Å². The van der Waals surface area contributed by atoms with Crippen molar-refractivity contribution in [1.82, 2.24) is 16.0 Å². The smallest absolute Gasteiger partial charge is 0.326 e. The number of amides is 3. The van der Waals surface area contributed by atoms with Crippen molar-refractivity contribution in [1.29, 1.82) is 0 Å². The van der Waals surface area contributed by atoms with Gasteiger partial charge in [-0.25, -0.2) is 4.79 Å². The number of carboxylic acids is 2. The summed E-state index contributed by atoms with van der Waals surface area (Å²) in [5.41, 5.74) is 5.40. The number of carboxylic acid groups (broad SMARTS) is 2. The zero-order valence-corrected chi connectivity index (χ0v) is 17.2. The van der Waals surface area contributed by atoms with Gasteiger partial charge in [0.05, 0.1) is 18.6 Å². The van der Waals surface area contributed by atoms with Crippen molar-refractivity contribution >= 4 is 41.4 Å². The first-order chi connectivity index (χ1) is 13.4. The Kier molecular flexibility index (Phi) is 11.9. The van der Waals surface area contributed by atoms with E-state index in [1.807, 2.05) is 0 Å². The second kappa shape index (κ2) is 13.0. The molecule has 0 fully saturated rings. The summed E-state index contributed by atoms with van der Waals surface area (Å²) in [7, 11) is 0. The maximum Gasteiger partial charge on any atom is 0.326 e. The number of hydrogen-bond donors (Lipinski definition) is 7. The Balaban J connectivity index is 4.98. The minimum absolute atomic E-state index is 0.149. The lowest BCUT2D eigenvalue weighted by molar-refractivity contribution is -0.143. The first kappa shape index (κ1) is 26.6. The number of hydrogen-bond acceptors (Lipinski definition) is 8. The second-order valence-electron chi connectivity index (χ2n) is 6.34. The Morgan fingerprint density at radius 3 is 2.00 bits per heavy atom. The molecule has 3 amide bonds. The van der Waals surface area contributed by atoms with Gasteiger partial charge in [0.2, 0.25) is 17.7 Å². The quantitative estimate of drug-likeness (QED) is 0.161. The SMILES string of the molecule is CSCCC(NC(=O)C(NC(=O)C(C)NC(=O)C(N)CC(=O)O)C(C)O)C(=O)O. The summed E-state index contributed by atoms with van der Waals surface area (Å²) in [6.45, 7) is 2.50. The lowest BCUT2D eigenvalue weighted by atomic mass is 10.1. The average molecular weight is 436 g/mol. The first-order valence-corrected chi connectivity index (χ1v) is 10.1. The summed E-state index contributed by atoms with van der Waals surface area (Å²) in [4.78, 5) is 58.2. The van der Waals surface area contributed by atoms with Gasteiger partial charge in [0, 0.05) is 0 Å². The van der Waals surface area contributed by atoms with Crippen molar-refractivity contribution in [2.75, 3.05) is 12.0 Å². The Bertz CT molecular complexity index is 616. The van der Waals surface area contributed by atoms with E-state index >= 15 is 0 Å². The number of rotatable bonds is 13. The van der Waals surface area contributed by atoms with Crippen LogP contribution >= 0.6 is 11.8 Å². The number of aliphatic hydroxyl groups is 1. The molecule has 13 heteroatoms. The molecule has 5 unspecified atom stereocenters. The van der Waals surface area contributed by atoms with E-state index in [1.54, 1.807) is 6.26 Å². The highest BCUT2D eigenvalue weighted by Gasteiger charge is 2.31. The van der Waals surface area contributed by atoms with Crippen LogP contribution in [0.25, 0.3) is 0 Å². The van der Waals surface area contributed by atoms with Crippen LogP contribution < -0.4 is 21.7 Å². The van der Waals surface area contributed by atoms with Crippen LogP contribution in [0.15, 0.2) is 0 Å². The molecule has 0 aromatic heterocycles. The van der Waals surface area contributed by atoms with Crippen LogP contribution in [0.1, 0.15) is 26.7 Å². The normalized spacial score (nSPS) is 15.9. The van der Waals surface area contributed by atoms with E-state index in [0.29, 0.717) is 5.75 Å². The summed E-state index contributed by atoms with van der Waals surface area (Å²) in [6.07, 6.45) is -0.0640. The molecule has 0 spiro atoms. The molecule has 0 aromatic rings. The number of aliphatic hydroxyl groups excluding tert-OH is 1. The largest absolute Gasteiger partial charge is 0.481 e. The molecule has 12 nitrogen and oxygen atoms in total. The summed E-state index contributed by atoms with van der Waals surface area (Å²) >= 11 is 1.39. The maximum atomic E-state index is 12.3. The molecular formula is C16H28N4O8S. The predicted octanol–water partition coefficient (Wildman–Crippen LogP) is -2.52. The van der Waals surface area contributed by atoms with Crippen molar-refractivity contribution in [2.45, 2.75) is 57.0 Å². The molecule has 5 atom stereocenters. The van der Waals surface area contributed by atoms with Crippen LogP contribution in [-0.4, -0.2) is 87.3 Å². The lowest BCUT2D eigenvalue weighted by Gasteiger charge is -2.25. The molecule has 29 heavy (non-hydrogen) atoms. The van der Waals surface area contributed by atoms with Crippen molar-refractivity contribution in [2.24, 2.45) is 5.73 Å². The molecule has 166 valence electrons. The van der Waals surface area contributed by atoms with Gasteiger partial charge >= 0.3 is 11.9 Å². The van der Waals surface area contributed by atoms with Gasteiger partial charge in [-0.2, -0.15) is 11.8 Å². The topological polar surface area (TPSA) is 208 Å². The van der Waals surface area contributed by atoms with Crippen LogP contribution in [0.5, 0.6) is 0 Å². The van der Waals surface area contributed by atoms with Crippen molar-refractivity contribution < 1.29 is 39.3 Å². The molecule has 0 saturated heterocycles. The van der Waals surface area contributed by atoms with Gasteiger partial charge < -0.3 is 37.0 Å². The monoisotopic (exact) mass is 436 g/mol. The predicted molar refractivity (Wildman–Crippen MR) is 104 cm³/mol. The molecule has 0 rings (SSSR count). The van der Waals surface area contributed by atoms with E-state index in [0.717, 1.165) is 0 Å². The van der Waals surface area contributed by atoms with E-state index in [9.17, 15) is 34.2 Å². The van der Waals surface area contributed by atoms with Gasteiger partial charge in [0.25, 0.3) is 0 Å². The number of carbonyl (C=O) groups is 5. The van der Waals surface area contributed by atoms with Crippen LogP contribution in [0, 0.1) is 0 Å². The average Bonchev–Trinajstić information content (AvgIpc) is 2.61. The summed E-state index contributed by atoms with van der Waals surface area (Å²) < 4.78 is 0. The van der Waals surface area contributed by atoms with Crippen LogP contribution in [0.2, 0.25) is 0 Å². The number of aliphatic carboxylic acids is 2. The highest BCUT2D eigenvalue weighted by molar-refractivity contribution is 7.98. The third-order valence-corrected chi connectivity index (χ3v) is 4.42. The Labute approximate surface area is 172 Å². The van der Waals surface area contributed by atoms with Crippen LogP contribution in [0.3, 0.4) is 0 Å². The third-order valence-electron chi connectivity index (χ3n) is 3.77. The molecule has 0 aromatic carbocycles. The zero-order chi connectivity index (χ0) is 22.7. The van der Waals surface area contributed by atoms with Gasteiger partial charge in [0.15, 0.2) is 0 Å². The molecule has 0 heterocycles. The van der Waals surface area contributed by atoms with Gasteiger partial charge in [-0.3, -0.25) is 19.2 Å². The third kappa shape index (κ3) is 10.1. The molecular weight excluding hydrogens is 408 g/mol. The molecule has 0 radical (unpaired) electrons. The lowest BCUT2D eigenvalue weighted by Crippen LogP contribution is -2.59. The standard InChI is InChI=1S/C16H28N4O8S/c1-7(18-14(25)9(17)6-11(22)23)13(24)20-12(8(2)21)15(26)19-10(16(27)28)4-5-29-3/h7-10,12,21H,4-6,17H2,1-3H3,(H,18,25)(H,19,26)(H,20,24)(H,22,23)(H,27,28). The van der Waals surface area contributed by atoms with Gasteiger partial charge in [-0.05, 0) is 32.3 Å². The fourth-order valence-corrected chi connectivity index (χ4v) is 2.58. The summed E-state index contributed by atoms with van der Waals surface area (Å²) in [5.74, 6) is -4.69. The second-order valence-corrected chi connectivity index (χ2v) is 7.33. The minimum atomic E-state index is -1.47. The van der Waals surface area contributed by atoms with E-state index in [1.165, 1.54) is 25.6 Å². The Morgan fingerprint density at radius 2 is 1.55 bits per heavy atom. The summed E-state index contributed by atoms with van der Waals surface area (Å²) in [6, 6.07) is -5.22. The van der Waals surface area contributed by atoms with E-state index in [-0.39, 0.29) is 6.42 Å². The molecule has 0 aliphatic rings. The van der Waals surface area contributed by atoms with Gasteiger partial charge in [-0.15, -0.1) is 0 Å². The highest BCUT2D eigenvalue weighted by atomic mass is 32.2. The number of carbonyl (C=O) groups excluding carboxylic acids is 3. The number of nitrogens with two attached hydrogens (primary N) is 1. The number of thioether (sulfide) groups is 1. The van der Waals surface area contributed by atoms with E-state index < -0.39 is 66.4 Å². The highest BCUT2D eigenvalue weighted by Crippen LogP contribution is 2.03. The van der Waals surface area contributed by atoms with Gasteiger partial charge in [0.1, 0.15) is 18.1 Å². The molecule has 0 bridgehead atoms. The van der Waals surface area contributed by atoms with Crippen LogP contribution in [-0.2, 0) is 24.0 Å². The van der Waals surface area contributed by atoms with Crippen LogP contribution in [0.4, 0.5) is 0 Å². The minimum Gasteiger partial charge on any atom is -0.481 e. The van der Waals surface area contributed by atoms with Crippen molar-refractivity contribution in [3.8, 4) is 0 Å². The fourth-order valence-electron chi connectivity index (χ4n) is 2.10. The fraction of sp³-hybridized carbons (Fsp3) is 0.688. The zero-order valence-electron chi connectivity index (χ0n) is 16.4. The van der Waals surface area contributed by atoms with E-state index in [2.05, 4.69) is 16.0 Å². The number of nitrogens with one attached hydrogen (secondary N) is 3. The first-order valence-electron chi connectivity index (χ1n) is 8.69.